The fourth-order valence-electron chi connectivity index (χ4n) is 2.24. The van der Waals surface area contributed by atoms with Crippen molar-refractivity contribution in [1.82, 2.24) is 5.32 Å². The minimum Gasteiger partial charge on any atom is -0.309 e. The molecule has 0 aromatic heterocycles. The molecule has 0 aliphatic carbocycles. The molecule has 1 atom stereocenters. The van der Waals surface area contributed by atoms with Crippen molar-refractivity contribution in [3.8, 4) is 0 Å². The zero-order chi connectivity index (χ0) is 14.1. The number of rotatable bonds is 9. The molecule has 1 unspecified atom stereocenters. The van der Waals surface area contributed by atoms with Crippen LogP contribution in [0.15, 0.2) is 18.2 Å². The smallest absolute Gasteiger partial charge is 0.0414 e. The largest absolute Gasteiger partial charge is 0.309 e. The van der Waals surface area contributed by atoms with Gasteiger partial charge in [-0.2, -0.15) is 11.8 Å². The molecule has 0 spiro atoms. The van der Waals surface area contributed by atoms with Crippen LogP contribution in [-0.4, -0.2) is 18.1 Å². The number of hydrogen-bond acceptors (Lipinski definition) is 2. The molecule has 0 aliphatic rings. The third-order valence-electron chi connectivity index (χ3n) is 3.37. The third kappa shape index (κ3) is 6.01. The summed E-state index contributed by atoms with van der Waals surface area (Å²) >= 11 is 2.08. The van der Waals surface area contributed by atoms with E-state index in [0.717, 1.165) is 6.54 Å². The van der Waals surface area contributed by atoms with E-state index in [4.69, 9.17) is 0 Å². The van der Waals surface area contributed by atoms with Crippen LogP contribution in [0.5, 0.6) is 0 Å². The number of aryl methyl sites for hydroxylation is 2. The van der Waals surface area contributed by atoms with Gasteiger partial charge in [-0.05, 0) is 50.1 Å². The number of unbranched alkanes of at least 4 members (excludes halogenated alkanes) is 1. The third-order valence-corrected chi connectivity index (χ3v) is 4.51. The lowest BCUT2D eigenvalue weighted by atomic mass is 10.00. The van der Waals surface area contributed by atoms with Crippen LogP contribution in [0.1, 0.15) is 55.8 Å². The van der Waals surface area contributed by atoms with Gasteiger partial charge in [0.1, 0.15) is 0 Å². The Kier molecular flexibility index (Phi) is 8.24. The predicted molar refractivity (Wildman–Crippen MR) is 89.2 cm³/mol. The molecule has 2 heteroatoms. The highest BCUT2D eigenvalue weighted by molar-refractivity contribution is 7.99. The van der Waals surface area contributed by atoms with Gasteiger partial charge >= 0.3 is 0 Å². The molecular formula is C17H29NS. The molecule has 0 fully saturated rings. The highest BCUT2D eigenvalue weighted by atomic mass is 32.2. The summed E-state index contributed by atoms with van der Waals surface area (Å²) in [4.78, 5) is 0. The Morgan fingerprint density at radius 1 is 1.16 bits per heavy atom. The Morgan fingerprint density at radius 2 is 1.95 bits per heavy atom. The zero-order valence-corrected chi connectivity index (χ0v) is 13.8. The summed E-state index contributed by atoms with van der Waals surface area (Å²) in [5.74, 6) is 2.47. The second kappa shape index (κ2) is 9.44. The minimum atomic E-state index is 0.502. The van der Waals surface area contributed by atoms with E-state index in [2.05, 4.69) is 63.0 Å². The standard InChI is InChI=1S/C17H29NS/c1-5-7-11-19-13-17(18-10-6-2)16-9-8-14(3)12-15(16)4/h8-9,12,17-18H,5-7,10-11,13H2,1-4H3. The molecule has 0 heterocycles. The second-order valence-electron chi connectivity index (χ2n) is 5.30. The van der Waals surface area contributed by atoms with Crippen molar-refractivity contribution in [2.75, 3.05) is 18.1 Å². The Hall–Kier alpha value is -0.470. The highest BCUT2D eigenvalue weighted by Gasteiger charge is 2.12. The fraction of sp³-hybridized carbons (Fsp3) is 0.647. The Labute approximate surface area is 123 Å². The summed E-state index contributed by atoms with van der Waals surface area (Å²) < 4.78 is 0. The van der Waals surface area contributed by atoms with Crippen molar-refractivity contribution >= 4 is 11.8 Å². The van der Waals surface area contributed by atoms with Gasteiger partial charge in [0, 0.05) is 11.8 Å². The van der Waals surface area contributed by atoms with E-state index in [9.17, 15) is 0 Å². The Balaban J connectivity index is 2.66. The normalized spacial score (nSPS) is 12.6. The van der Waals surface area contributed by atoms with Gasteiger partial charge < -0.3 is 5.32 Å². The van der Waals surface area contributed by atoms with Gasteiger partial charge in [-0.15, -0.1) is 0 Å². The van der Waals surface area contributed by atoms with E-state index in [0.29, 0.717) is 6.04 Å². The summed E-state index contributed by atoms with van der Waals surface area (Å²) in [6.45, 7) is 10.0. The first-order valence-corrected chi connectivity index (χ1v) is 8.72. The predicted octanol–water partition coefficient (Wildman–Crippen LogP) is 4.88. The molecule has 1 nitrogen and oxygen atoms in total. The van der Waals surface area contributed by atoms with Gasteiger partial charge in [0.2, 0.25) is 0 Å². The van der Waals surface area contributed by atoms with E-state index in [1.807, 2.05) is 0 Å². The van der Waals surface area contributed by atoms with Crippen LogP contribution >= 0.6 is 11.8 Å². The van der Waals surface area contributed by atoms with Gasteiger partial charge in [0.25, 0.3) is 0 Å². The summed E-state index contributed by atoms with van der Waals surface area (Å²) in [6, 6.07) is 7.34. The van der Waals surface area contributed by atoms with Crippen molar-refractivity contribution in [1.29, 1.82) is 0 Å². The maximum Gasteiger partial charge on any atom is 0.0414 e. The summed E-state index contributed by atoms with van der Waals surface area (Å²) in [7, 11) is 0. The molecule has 0 saturated heterocycles. The van der Waals surface area contributed by atoms with E-state index >= 15 is 0 Å². The van der Waals surface area contributed by atoms with E-state index < -0.39 is 0 Å². The van der Waals surface area contributed by atoms with Crippen molar-refractivity contribution in [2.24, 2.45) is 0 Å². The monoisotopic (exact) mass is 279 g/mol. The lowest BCUT2D eigenvalue weighted by Crippen LogP contribution is -2.25. The average Bonchev–Trinajstić information content (AvgIpc) is 2.39. The molecule has 0 amide bonds. The van der Waals surface area contributed by atoms with E-state index in [-0.39, 0.29) is 0 Å². The van der Waals surface area contributed by atoms with Crippen LogP contribution in [0.3, 0.4) is 0 Å². The molecule has 1 aromatic carbocycles. The molecule has 0 saturated carbocycles. The molecule has 0 bridgehead atoms. The van der Waals surface area contributed by atoms with Gasteiger partial charge in [0.05, 0.1) is 0 Å². The van der Waals surface area contributed by atoms with Gasteiger partial charge in [-0.3, -0.25) is 0 Å². The van der Waals surface area contributed by atoms with Crippen molar-refractivity contribution < 1.29 is 0 Å². The van der Waals surface area contributed by atoms with Crippen LogP contribution in [0, 0.1) is 13.8 Å². The van der Waals surface area contributed by atoms with Crippen LogP contribution in [-0.2, 0) is 0 Å². The number of thioether (sulfide) groups is 1. The van der Waals surface area contributed by atoms with E-state index in [1.54, 1.807) is 0 Å². The lowest BCUT2D eigenvalue weighted by molar-refractivity contribution is 0.575. The lowest BCUT2D eigenvalue weighted by Gasteiger charge is -2.21. The minimum absolute atomic E-state index is 0.502. The second-order valence-corrected chi connectivity index (χ2v) is 6.45. The molecule has 108 valence electrons. The van der Waals surface area contributed by atoms with Crippen molar-refractivity contribution in [3.05, 3.63) is 34.9 Å². The van der Waals surface area contributed by atoms with Crippen LogP contribution in [0.25, 0.3) is 0 Å². The van der Waals surface area contributed by atoms with Crippen molar-refractivity contribution in [2.45, 2.75) is 53.0 Å². The average molecular weight is 279 g/mol. The molecule has 0 aliphatic heterocycles. The quantitative estimate of drug-likeness (QED) is 0.647. The topological polar surface area (TPSA) is 12.0 Å². The number of nitrogens with one attached hydrogen (secondary N) is 1. The summed E-state index contributed by atoms with van der Waals surface area (Å²) in [5.41, 5.74) is 4.25. The van der Waals surface area contributed by atoms with Gasteiger partial charge in [0.15, 0.2) is 0 Å². The number of benzene rings is 1. The first-order chi connectivity index (χ1) is 9.19. The zero-order valence-electron chi connectivity index (χ0n) is 13.0. The Bertz CT molecular complexity index is 362. The van der Waals surface area contributed by atoms with Crippen LogP contribution in [0.2, 0.25) is 0 Å². The highest BCUT2D eigenvalue weighted by Crippen LogP contribution is 2.23. The van der Waals surface area contributed by atoms with Gasteiger partial charge in [-0.1, -0.05) is 44.0 Å². The molecule has 0 radical (unpaired) electrons. The summed E-state index contributed by atoms with van der Waals surface area (Å²) in [5, 5.41) is 3.70. The molecule has 1 rings (SSSR count). The SMILES string of the molecule is CCCCSCC(NCCC)c1ccc(C)cc1C. The number of hydrogen-bond donors (Lipinski definition) is 1. The molecule has 1 aromatic rings. The molecular weight excluding hydrogens is 250 g/mol. The van der Waals surface area contributed by atoms with E-state index in [1.165, 1.54) is 47.5 Å². The maximum absolute atomic E-state index is 3.70. The van der Waals surface area contributed by atoms with Crippen LogP contribution in [0.4, 0.5) is 0 Å². The maximum atomic E-state index is 3.70. The first-order valence-electron chi connectivity index (χ1n) is 7.57. The Morgan fingerprint density at radius 3 is 2.58 bits per heavy atom. The molecule has 1 N–H and O–H groups in total. The van der Waals surface area contributed by atoms with Crippen molar-refractivity contribution in [3.63, 3.8) is 0 Å². The fourth-order valence-corrected chi connectivity index (χ4v) is 3.43. The molecule has 19 heavy (non-hydrogen) atoms. The van der Waals surface area contributed by atoms with Crippen LogP contribution < -0.4 is 5.32 Å². The summed E-state index contributed by atoms with van der Waals surface area (Å²) in [6.07, 6.45) is 3.82. The van der Waals surface area contributed by atoms with Gasteiger partial charge in [-0.25, -0.2) is 0 Å². The first kappa shape index (κ1) is 16.6.